The monoisotopic (exact) mass is 427 g/mol. The molecule has 0 saturated heterocycles. The lowest BCUT2D eigenvalue weighted by atomic mass is 10.0. The van der Waals surface area contributed by atoms with Gasteiger partial charge in [-0.1, -0.05) is 25.4 Å². The summed E-state index contributed by atoms with van der Waals surface area (Å²) in [5.41, 5.74) is 7.68. The highest BCUT2D eigenvalue weighted by Crippen LogP contribution is 2.39. The van der Waals surface area contributed by atoms with Gasteiger partial charge in [0.05, 0.1) is 11.4 Å². The standard InChI is InChI=1S/C22H23ClFN5O/c1-14(2)17-13-26-8-6-19(17)29(20-12-16(23)3-4-18(20)24)21-11-15(5-9-27-21)22(30)28-10-7-25/h3-6,8-9,11-14H,7,10,25H2,1-2H3,(H,28,30). The minimum atomic E-state index is -0.467. The number of carbonyl (C=O) groups is 1. The van der Waals surface area contributed by atoms with E-state index in [0.29, 0.717) is 35.2 Å². The van der Waals surface area contributed by atoms with E-state index in [0.717, 1.165) is 5.56 Å². The SMILES string of the molecule is CC(C)c1cnccc1N(c1cc(C(=O)NCCN)ccn1)c1cc(Cl)ccc1F. The van der Waals surface area contributed by atoms with E-state index < -0.39 is 5.82 Å². The van der Waals surface area contributed by atoms with E-state index in [1.165, 1.54) is 24.4 Å². The van der Waals surface area contributed by atoms with Crippen LogP contribution in [0.4, 0.5) is 21.6 Å². The molecule has 8 heteroatoms. The Kier molecular flexibility index (Phi) is 6.97. The molecule has 0 aliphatic carbocycles. The summed E-state index contributed by atoms with van der Waals surface area (Å²) in [5, 5.41) is 3.11. The number of rotatable bonds is 7. The lowest BCUT2D eigenvalue weighted by Crippen LogP contribution is -2.29. The molecule has 0 bridgehead atoms. The van der Waals surface area contributed by atoms with Gasteiger partial charge in [-0.3, -0.25) is 14.7 Å². The van der Waals surface area contributed by atoms with Gasteiger partial charge in [-0.05, 0) is 47.9 Å². The molecular formula is C22H23ClFN5O. The second-order valence-corrected chi connectivity index (χ2v) is 7.40. The maximum atomic E-state index is 14.9. The lowest BCUT2D eigenvalue weighted by molar-refractivity contribution is 0.0954. The number of carbonyl (C=O) groups excluding carboxylic acids is 1. The zero-order valence-corrected chi connectivity index (χ0v) is 17.5. The number of anilines is 3. The highest BCUT2D eigenvalue weighted by molar-refractivity contribution is 6.30. The summed E-state index contributed by atoms with van der Waals surface area (Å²) in [6.45, 7) is 4.73. The maximum absolute atomic E-state index is 14.9. The normalized spacial score (nSPS) is 10.9. The van der Waals surface area contributed by atoms with Crippen LogP contribution in [0.1, 0.15) is 35.7 Å². The van der Waals surface area contributed by atoms with Crippen molar-refractivity contribution < 1.29 is 9.18 Å². The van der Waals surface area contributed by atoms with Crippen molar-refractivity contribution in [1.82, 2.24) is 15.3 Å². The van der Waals surface area contributed by atoms with Gasteiger partial charge >= 0.3 is 0 Å². The first-order valence-electron chi connectivity index (χ1n) is 9.55. The minimum Gasteiger partial charge on any atom is -0.351 e. The molecule has 0 fully saturated rings. The van der Waals surface area contributed by atoms with E-state index in [2.05, 4.69) is 15.3 Å². The third-order valence-electron chi connectivity index (χ3n) is 4.51. The van der Waals surface area contributed by atoms with Gasteiger partial charge in [-0.2, -0.15) is 0 Å². The van der Waals surface area contributed by atoms with Crippen LogP contribution in [0.15, 0.2) is 55.0 Å². The van der Waals surface area contributed by atoms with Crippen LogP contribution >= 0.6 is 11.6 Å². The van der Waals surface area contributed by atoms with Gasteiger partial charge in [0.2, 0.25) is 0 Å². The minimum absolute atomic E-state index is 0.120. The number of halogens is 2. The Bertz CT molecular complexity index is 1040. The molecule has 1 amide bonds. The zero-order valence-electron chi connectivity index (χ0n) is 16.8. The average Bonchev–Trinajstić information content (AvgIpc) is 2.75. The molecule has 6 nitrogen and oxygen atoms in total. The fraction of sp³-hybridized carbons (Fsp3) is 0.227. The summed E-state index contributed by atoms with van der Waals surface area (Å²) in [5.74, 6) is -0.251. The number of nitrogens with two attached hydrogens (primary N) is 1. The summed E-state index contributed by atoms with van der Waals surface area (Å²) in [6.07, 6.45) is 4.89. The van der Waals surface area contributed by atoms with Crippen molar-refractivity contribution in [3.63, 3.8) is 0 Å². The number of nitrogens with zero attached hydrogens (tertiary/aromatic N) is 3. The predicted octanol–water partition coefficient (Wildman–Crippen LogP) is 4.55. The number of amides is 1. The molecule has 0 aliphatic heterocycles. The Hall–Kier alpha value is -3.03. The Balaban J connectivity index is 2.19. The van der Waals surface area contributed by atoms with Crippen LogP contribution in [-0.2, 0) is 0 Å². The van der Waals surface area contributed by atoms with E-state index >= 15 is 0 Å². The fourth-order valence-electron chi connectivity index (χ4n) is 3.05. The molecule has 30 heavy (non-hydrogen) atoms. The molecule has 3 rings (SSSR count). The lowest BCUT2D eigenvalue weighted by Gasteiger charge is -2.28. The van der Waals surface area contributed by atoms with Gasteiger partial charge in [0.25, 0.3) is 5.91 Å². The van der Waals surface area contributed by atoms with Crippen molar-refractivity contribution in [3.8, 4) is 0 Å². The number of hydrogen-bond acceptors (Lipinski definition) is 5. The molecule has 156 valence electrons. The largest absolute Gasteiger partial charge is 0.351 e. The van der Waals surface area contributed by atoms with Crippen LogP contribution in [-0.4, -0.2) is 29.0 Å². The van der Waals surface area contributed by atoms with Crippen LogP contribution < -0.4 is 16.0 Å². The molecule has 0 atom stereocenters. The van der Waals surface area contributed by atoms with Gasteiger partial charge < -0.3 is 11.1 Å². The van der Waals surface area contributed by atoms with E-state index in [1.54, 1.807) is 35.5 Å². The summed E-state index contributed by atoms with van der Waals surface area (Å²) < 4.78 is 14.9. The molecule has 2 heterocycles. The summed E-state index contributed by atoms with van der Waals surface area (Å²) in [6, 6.07) is 9.31. The summed E-state index contributed by atoms with van der Waals surface area (Å²) in [7, 11) is 0. The summed E-state index contributed by atoms with van der Waals surface area (Å²) in [4.78, 5) is 22.7. The Morgan fingerprint density at radius 1 is 1.20 bits per heavy atom. The first-order chi connectivity index (χ1) is 14.4. The highest BCUT2D eigenvalue weighted by atomic mass is 35.5. The van der Waals surface area contributed by atoms with Crippen LogP contribution in [0.5, 0.6) is 0 Å². The van der Waals surface area contributed by atoms with Crippen molar-refractivity contribution >= 4 is 34.7 Å². The van der Waals surface area contributed by atoms with Crippen LogP contribution in [0.3, 0.4) is 0 Å². The molecule has 0 saturated carbocycles. The second kappa shape index (κ2) is 9.65. The molecule has 0 aliphatic rings. The maximum Gasteiger partial charge on any atom is 0.251 e. The van der Waals surface area contributed by atoms with Crippen LogP contribution in [0.25, 0.3) is 0 Å². The molecule has 0 radical (unpaired) electrons. The van der Waals surface area contributed by atoms with Gasteiger partial charge in [-0.15, -0.1) is 0 Å². The van der Waals surface area contributed by atoms with Gasteiger partial charge in [0.1, 0.15) is 11.6 Å². The van der Waals surface area contributed by atoms with Gasteiger partial charge in [-0.25, -0.2) is 9.37 Å². The first-order valence-corrected chi connectivity index (χ1v) is 9.93. The number of hydrogen-bond donors (Lipinski definition) is 2. The average molecular weight is 428 g/mol. The molecule has 1 aromatic carbocycles. The topological polar surface area (TPSA) is 84.1 Å². The zero-order chi connectivity index (χ0) is 21.7. The number of nitrogens with one attached hydrogen (secondary N) is 1. The highest BCUT2D eigenvalue weighted by Gasteiger charge is 2.22. The van der Waals surface area contributed by atoms with Crippen LogP contribution in [0, 0.1) is 5.82 Å². The van der Waals surface area contributed by atoms with Crippen LogP contribution in [0.2, 0.25) is 5.02 Å². The summed E-state index contributed by atoms with van der Waals surface area (Å²) >= 11 is 6.18. The van der Waals surface area contributed by atoms with E-state index in [4.69, 9.17) is 17.3 Å². The van der Waals surface area contributed by atoms with Crippen molar-refractivity contribution in [2.45, 2.75) is 19.8 Å². The first kappa shape index (κ1) is 21.7. The molecule has 0 spiro atoms. The van der Waals surface area contributed by atoms with E-state index in [1.807, 2.05) is 13.8 Å². The number of aromatic nitrogens is 2. The van der Waals surface area contributed by atoms with E-state index in [9.17, 15) is 9.18 Å². The van der Waals surface area contributed by atoms with E-state index in [-0.39, 0.29) is 17.5 Å². The van der Waals surface area contributed by atoms with Crippen molar-refractivity contribution in [1.29, 1.82) is 0 Å². The Morgan fingerprint density at radius 3 is 2.73 bits per heavy atom. The fourth-order valence-corrected chi connectivity index (χ4v) is 3.22. The van der Waals surface area contributed by atoms with Crippen molar-refractivity contribution in [2.75, 3.05) is 18.0 Å². The molecule has 0 unspecified atom stereocenters. The number of pyridine rings is 2. The predicted molar refractivity (Wildman–Crippen MR) is 117 cm³/mol. The Labute approximate surface area is 179 Å². The van der Waals surface area contributed by atoms with Gasteiger partial charge in [0.15, 0.2) is 0 Å². The molecule has 2 aromatic heterocycles. The third kappa shape index (κ3) is 4.75. The quantitative estimate of drug-likeness (QED) is 0.577. The third-order valence-corrected chi connectivity index (χ3v) is 4.74. The molecular weight excluding hydrogens is 405 g/mol. The van der Waals surface area contributed by atoms with Crippen molar-refractivity contribution in [3.05, 3.63) is 77.0 Å². The smallest absolute Gasteiger partial charge is 0.251 e. The number of benzene rings is 1. The van der Waals surface area contributed by atoms with Gasteiger partial charge in [0, 0.05) is 42.3 Å². The molecule has 3 aromatic rings. The Morgan fingerprint density at radius 2 is 2.00 bits per heavy atom. The van der Waals surface area contributed by atoms with Crippen molar-refractivity contribution in [2.24, 2.45) is 5.73 Å². The second-order valence-electron chi connectivity index (χ2n) is 6.97. The molecule has 3 N–H and O–H groups in total.